The predicted octanol–water partition coefficient (Wildman–Crippen LogP) is 1.21. The number of benzene rings is 1. The van der Waals surface area contributed by atoms with Crippen LogP contribution in [-0.2, 0) is 13.6 Å². The highest BCUT2D eigenvalue weighted by Crippen LogP contribution is 2.03. The van der Waals surface area contributed by atoms with Crippen LogP contribution in [0.15, 0.2) is 41.5 Å². The second-order valence-electron chi connectivity index (χ2n) is 5.69. The van der Waals surface area contributed by atoms with Crippen molar-refractivity contribution in [3.8, 4) is 0 Å². The van der Waals surface area contributed by atoms with Crippen LogP contribution in [0.5, 0.6) is 0 Å². The van der Waals surface area contributed by atoms with Gasteiger partial charge in [-0.25, -0.2) is 4.99 Å². The van der Waals surface area contributed by atoms with Gasteiger partial charge in [0.1, 0.15) is 0 Å². The normalized spacial score (nSPS) is 11.2. The Bertz CT molecular complexity index is 722. The Kier molecular flexibility index (Phi) is 7.00. The number of carbonyl (C=O) groups excluding carboxylic acids is 1. The number of amides is 1. The van der Waals surface area contributed by atoms with E-state index in [0.717, 1.165) is 17.8 Å². The largest absolute Gasteiger partial charge is 0.357 e. The number of hydrogen-bond donors (Lipinski definition) is 3. The molecule has 0 bridgehead atoms. The van der Waals surface area contributed by atoms with E-state index < -0.39 is 0 Å². The molecule has 0 unspecified atom stereocenters. The van der Waals surface area contributed by atoms with Crippen molar-refractivity contribution in [1.82, 2.24) is 25.7 Å². The number of carbonyl (C=O) groups is 1. The zero-order valence-electron chi connectivity index (χ0n) is 15.0. The highest BCUT2D eigenvalue weighted by atomic mass is 16.1. The Hall–Kier alpha value is -2.83. The number of guanidine groups is 1. The van der Waals surface area contributed by atoms with E-state index in [0.29, 0.717) is 31.2 Å². The molecule has 1 amide bonds. The quantitative estimate of drug-likeness (QED) is 0.401. The molecule has 0 fully saturated rings. The molecule has 3 N–H and O–H groups in total. The Balaban J connectivity index is 1.79. The number of aryl methyl sites for hydroxylation is 2. The molecule has 0 saturated heterocycles. The van der Waals surface area contributed by atoms with Crippen LogP contribution in [0.3, 0.4) is 0 Å². The van der Waals surface area contributed by atoms with Crippen LogP contribution in [0.4, 0.5) is 0 Å². The first-order chi connectivity index (χ1) is 12.1. The fraction of sp³-hybridized carbons (Fsp3) is 0.389. The van der Waals surface area contributed by atoms with Crippen molar-refractivity contribution in [2.45, 2.75) is 20.4 Å². The highest BCUT2D eigenvalue weighted by Gasteiger charge is 2.05. The Morgan fingerprint density at radius 1 is 1.20 bits per heavy atom. The first-order valence-corrected chi connectivity index (χ1v) is 8.44. The van der Waals surface area contributed by atoms with E-state index in [1.807, 2.05) is 51.2 Å². The SMILES string of the molecule is CCNC(=NCc1ccnn1C)NCCNC(=O)c1cccc(C)c1. The molecule has 0 spiro atoms. The first kappa shape index (κ1) is 18.5. The molecule has 7 nitrogen and oxygen atoms in total. The Morgan fingerprint density at radius 2 is 2.00 bits per heavy atom. The molecule has 7 heteroatoms. The molecule has 0 aliphatic rings. The third kappa shape index (κ3) is 5.95. The minimum Gasteiger partial charge on any atom is -0.357 e. The molecule has 1 heterocycles. The molecule has 25 heavy (non-hydrogen) atoms. The van der Waals surface area contributed by atoms with E-state index >= 15 is 0 Å². The summed E-state index contributed by atoms with van der Waals surface area (Å²) in [5.41, 5.74) is 2.78. The van der Waals surface area contributed by atoms with Crippen LogP contribution in [0.25, 0.3) is 0 Å². The average Bonchev–Trinajstić information content (AvgIpc) is 3.01. The monoisotopic (exact) mass is 342 g/mol. The smallest absolute Gasteiger partial charge is 0.251 e. The lowest BCUT2D eigenvalue weighted by Gasteiger charge is -2.12. The van der Waals surface area contributed by atoms with Gasteiger partial charge in [0.15, 0.2) is 5.96 Å². The number of aliphatic imine (C=N–C) groups is 1. The second kappa shape index (κ2) is 9.46. The number of rotatable bonds is 7. The van der Waals surface area contributed by atoms with E-state index in [1.165, 1.54) is 0 Å². The molecular formula is C18H26N6O. The van der Waals surface area contributed by atoms with Crippen molar-refractivity contribution >= 4 is 11.9 Å². The average molecular weight is 342 g/mol. The molecule has 2 aromatic rings. The van der Waals surface area contributed by atoms with Crippen molar-refractivity contribution in [3.05, 3.63) is 53.3 Å². The highest BCUT2D eigenvalue weighted by molar-refractivity contribution is 5.94. The van der Waals surface area contributed by atoms with Gasteiger partial charge in [-0.05, 0) is 32.0 Å². The Labute approximate surface area is 148 Å². The van der Waals surface area contributed by atoms with Crippen LogP contribution in [0.2, 0.25) is 0 Å². The molecule has 0 atom stereocenters. The van der Waals surface area contributed by atoms with Gasteiger partial charge in [0.05, 0.1) is 12.2 Å². The molecule has 0 aliphatic heterocycles. The fourth-order valence-corrected chi connectivity index (χ4v) is 2.30. The van der Waals surface area contributed by atoms with E-state index in [-0.39, 0.29) is 5.91 Å². The van der Waals surface area contributed by atoms with Gasteiger partial charge in [0.25, 0.3) is 5.91 Å². The summed E-state index contributed by atoms with van der Waals surface area (Å²) in [5.74, 6) is 0.649. The van der Waals surface area contributed by atoms with Gasteiger partial charge >= 0.3 is 0 Å². The minimum atomic E-state index is -0.0673. The van der Waals surface area contributed by atoms with Crippen LogP contribution < -0.4 is 16.0 Å². The number of nitrogens with zero attached hydrogens (tertiary/aromatic N) is 3. The van der Waals surface area contributed by atoms with Crippen LogP contribution in [-0.4, -0.2) is 41.3 Å². The first-order valence-electron chi connectivity index (χ1n) is 8.44. The lowest BCUT2D eigenvalue weighted by atomic mass is 10.1. The van der Waals surface area contributed by atoms with Gasteiger partial charge in [0, 0.05) is 38.4 Å². The van der Waals surface area contributed by atoms with E-state index in [9.17, 15) is 4.79 Å². The van der Waals surface area contributed by atoms with Crippen LogP contribution in [0.1, 0.15) is 28.5 Å². The fourth-order valence-electron chi connectivity index (χ4n) is 2.30. The zero-order valence-corrected chi connectivity index (χ0v) is 15.0. The summed E-state index contributed by atoms with van der Waals surface area (Å²) >= 11 is 0. The predicted molar refractivity (Wildman–Crippen MR) is 99.5 cm³/mol. The van der Waals surface area contributed by atoms with Gasteiger partial charge in [-0.3, -0.25) is 9.48 Å². The third-order valence-corrected chi connectivity index (χ3v) is 3.65. The van der Waals surface area contributed by atoms with Gasteiger partial charge < -0.3 is 16.0 Å². The summed E-state index contributed by atoms with van der Waals surface area (Å²) in [7, 11) is 1.89. The lowest BCUT2D eigenvalue weighted by Crippen LogP contribution is -2.41. The molecule has 134 valence electrons. The zero-order chi connectivity index (χ0) is 18.1. The summed E-state index contributed by atoms with van der Waals surface area (Å²) in [4.78, 5) is 16.6. The summed E-state index contributed by atoms with van der Waals surface area (Å²) in [6.45, 7) is 6.41. The van der Waals surface area contributed by atoms with Crippen molar-refractivity contribution in [1.29, 1.82) is 0 Å². The number of hydrogen-bond acceptors (Lipinski definition) is 3. The topological polar surface area (TPSA) is 83.3 Å². The van der Waals surface area contributed by atoms with Gasteiger partial charge in [-0.15, -0.1) is 0 Å². The van der Waals surface area contributed by atoms with E-state index in [2.05, 4.69) is 26.0 Å². The van der Waals surface area contributed by atoms with Crippen molar-refractivity contribution in [3.63, 3.8) is 0 Å². The van der Waals surface area contributed by atoms with Gasteiger partial charge in [-0.2, -0.15) is 5.10 Å². The third-order valence-electron chi connectivity index (χ3n) is 3.65. The van der Waals surface area contributed by atoms with Crippen molar-refractivity contribution in [2.75, 3.05) is 19.6 Å². The molecule has 1 aromatic carbocycles. The Morgan fingerprint density at radius 3 is 2.68 bits per heavy atom. The molecule has 1 aromatic heterocycles. The summed E-state index contributed by atoms with van der Waals surface area (Å²) < 4.78 is 1.80. The minimum absolute atomic E-state index is 0.0673. The van der Waals surface area contributed by atoms with Crippen LogP contribution >= 0.6 is 0 Å². The maximum Gasteiger partial charge on any atom is 0.251 e. The van der Waals surface area contributed by atoms with Crippen molar-refractivity contribution in [2.24, 2.45) is 12.0 Å². The molecule has 0 aliphatic carbocycles. The molecule has 0 radical (unpaired) electrons. The second-order valence-corrected chi connectivity index (χ2v) is 5.69. The van der Waals surface area contributed by atoms with E-state index in [4.69, 9.17) is 0 Å². The maximum absolute atomic E-state index is 12.1. The summed E-state index contributed by atoms with van der Waals surface area (Å²) in [6, 6.07) is 9.49. The lowest BCUT2D eigenvalue weighted by molar-refractivity contribution is 0.0954. The maximum atomic E-state index is 12.1. The summed E-state index contributed by atoms with van der Waals surface area (Å²) in [6.07, 6.45) is 1.76. The standard InChI is InChI=1S/C18H26N6O/c1-4-19-18(22-13-16-8-9-23-24(16)3)21-11-10-20-17(25)15-7-5-6-14(2)12-15/h5-9,12H,4,10-11,13H2,1-3H3,(H,20,25)(H2,19,21,22). The van der Waals surface area contributed by atoms with E-state index in [1.54, 1.807) is 10.9 Å². The molecular weight excluding hydrogens is 316 g/mol. The number of nitrogens with one attached hydrogen (secondary N) is 3. The summed E-state index contributed by atoms with van der Waals surface area (Å²) in [5, 5.41) is 13.4. The van der Waals surface area contributed by atoms with Crippen LogP contribution in [0, 0.1) is 6.92 Å². The van der Waals surface area contributed by atoms with Gasteiger partial charge in [-0.1, -0.05) is 17.7 Å². The molecule has 2 rings (SSSR count). The number of aromatic nitrogens is 2. The van der Waals surface area contributed by atoms with Gasteiger partial charge in [0.2, 0.25) is 0 Å². The molecule has 0 saturated carbocycles. The van der Waals surface area contributed by atoms with Crippen molar-refractivity contribution < 1.29 is 4.79 Å².